The van der Waals surface area contributed by atoms with Crippen molar-refractivity contribution in [3.63, 3.8) is 0 Å². The van der Waals surface area contributed by atoms with E-state index in [1.165, 1.54) is 19.6 Å². The van der Waals surface area contributed by atoms with Crippen LogP contribution in [0.5, 0.6) is 0 Å². The van der Waals surface area contributed by atoms with E-state index >= 15 is 0 Å². The Morgan fingerprint density at radius 2 is 1.77 bits per heavy atom. The van der Waals surface area contributed by atoms with Gasteiger partial charge in [-0.15, -0.1) is 0 Å². The van der Waals surface area contributed by atoms with Crippen molar-refractivity contribution in [2.45, 2.75) is 20.8 Å². The van der Waals surface area contributed by atoms with Gasteiger partial charge >= 0.3 is 0 Å². The molecule has 0 amide bonds. The van der Waals surface area contributed by atoms with Crippen molar-refractivity contribution in [2.24, 2.45) is 23.2 Å². The largest absolute Gasteiger partial charge is 0.396 e. The van der Waals surface area contributed by atoms with E-state index in [1.54, 1.807) is 0 Å². The van der Waals surface area contributed by atoms with Crippen LogP contribution < -0.4 is 0 Å². The molecule has 2 rings (SSSR count). The van der Waals surface area contributed by atoms with Gasteiger partial charge in [0.05, 0.1) is 0 Å². The minimum atomic E-state index is 0.415. The number of fused-ring (bicyclic) bond motifs is 1. The second-order valence-electron chi connectivity index (χ2n) is 5.93. The molecule has 2 nitrogen and oxygen atoms in total. The van der Waals surface area contributed by atoms with Crippen molar-refractivity contribution in [3.05, 3.63) is 0 Å². The average Bonchev–Trinajstić information content (AvgIpc) is 2.44. The molecule has 0 aromatic carbocycles. The Labute approximate surface area is 80.9 Å². The molecule has 2 aliphatic rings. The fourth-order valence-corrected chi connectivity index (χ4v) is 2.81. The van der Waals surface area contributed by atoms with Crippen LogP contribution in [0.3, 0.4) is 0 Å². The van der Waals surface area contributed by atoms with Gasteiger partial charge < -0.3 is 10.0 Å². The zero-order chi connectivity index (χ0) is 9.64. The van der Waals surface area contributed by atoms with Crippen molar-refractivity contribution in [1.29, 1.82) is 0 Å². The standard InChI is InChI=1S/C11H21NO/c1-11(2,3)7-12-4-8-9(5-12)10(8)6-13/h8-10,13H,4-7H2,1-3H3/t8-,9+,10?. The number of rotatable bonds is 2. The van der Waals surface area contributed by atoms with E-state index in [0.717, 1.165) is 11.8 Å². The molecule has 0 aromatic heterocycles. The first-order valence-electron chi connectivity index (χ1n) is 5.34. The fraction of sp³-hybridized carbons (Fsp3) is 1.00. The summed E-state index contributed by atoms with van der Waals surface area (Å²) in [6, 6.07) is 0. The lowest BCUT2D eigenvalue weighted by Gasteiger charge is -2.27. The Kier molecular flexibility index (Phi) is 2.16. The summed E-state index contributed by atoms with van der Waals surface area (Å²) >= 11 is 0. The summed E-state index contributed by atoms with van der Waals surface area (Å²) in [5.41, 5.74) is 0.422. The van der Waals surface area contributed by atoms with Gasteiger partial charge in [-0.1, -0.05) is 20.8 Å². The number of nitrogens with zero attached hydrogens (tertiary/aromatic N) is 1. The van der Waals surface area contributed by atoms with E-state index in [4.69, 9.17) is 5.11 Å². The smallest absolute Gasteiger partial charge is 0.0465 e. The summed E-state index contributed by atoms with van der Waals surface area (Å²) in [6.45, 7) is 11.0. The highest BCUT2D eigenvalue weighted by molar-refractivity contribution is 5.04. The molecule has 0 bridgehead atoms. The lowest BCUT2D eigenvalue weighted by molar-refractivity contribution is 0.180. The van der Waals surface area contributed by atoms with Crippen molar-refractivity contribution in [2.75, 3.05) is 26.2 Å². The van der Waals surface area contributed by atoms with Gasteiger partial charge in [-0.25, -0.2) is 0 Å². The third-order valence-electron chi connectivity index (χ3n) is 3.36. The molecule has 3 atom stereocenters. The van der Waals surface area contributed by atoms with Crippen LogP contribution in [0.4, 0.5) is 0 Å². The molecular weight excluding hydrogens is 162 g/mol. The van der Waals surface area contributed by atoms with Crippen molar-refractivity contribution in [1.82, 2.24) is 4.90 Å². The van der Waals surface area contributed by atoms with Crippen LogP contribution in [0.15, 0.2) is 0 Å². The highest BCUT2D eigenvalue weighted by Gasteiger charge is 2.55. The van der Waals surface area contributed by atoms with Gasteiger partial charge in [0.1, 0.15) is 0 Å². The quantitative estimate of drug-likeness (QED) is 0.695. The minimum absolute atomic E-state index is 0.415. The lowest BCUT2D eigenvalue weighted by atomic mass is 9.96. The first-order chi connectivity index (χ1) is 6.01. The summed E-state index contributed by atoms with van der Waals surface area (Å²) in [4.78, 5) is 2.56. The predicted molar refractivity (Wildman–Crippen MR) is 53.5 cm³/mol. The zero-order valence-electron chi connectivity index (χ0n) is 8.95. The highest BCUT2D eigenvalue weighted by Crippen LogP contribution is 2.51. The van der Waals surface area contributed by atoms with Crippen LogP contribution in [0.25, 0.3) is 0 Å². The molecule has 1 heterocycles. The molecule has 1 N–H and O–H groups in total. The topological polar surface area (TPSA) is 23.5 Å². The number of hydrogen-bond acceptors (Lipinski definition) is 2. The summed E-state index contributed by atoms with van der Waals surface area (Å²) in [7, 11) is 0. The third kappa shape index (κ3) is 1.89. The Morgan fingerprint density at radius 3 is 2.15 bits per heavy atom. The van der Waals surface area contributed by atoms with Gasteiger partial charge in [0, 0.05) is 26.2 Å². The Hall–Kier alpha value is -0.0800. The molecule has 1 unspecified atom stereocenters. The second kappa shape index (κ2) is 2.96. The molecule has 13 heavy (non-hydrogen) atoms. The maximum Gasteiger partial charge on any atom is 0.0465 e. The van der Waals surface area contributed by atoms with Crippen LogP contribution >= 0.6 is 0 Å². The molecule has 2 fully saturated rings. The second-order valence-corrected chi connectivity index (χ2v) is 5.93. The van der Waals surface area contributed by atoms with E-state index in [1.807, 2.05) is 0 Å². The maximum atomic E-state index is 9.01. The molecule has 0 spiro atoms. The van der Waals surface area contributed by atoms with Crippen molar-refractivity contribution >= 4 is 0 Å². The molecule has 1 aliphatic carbocycles. The number of hydrogen-bond donors (Lipinski definition) is 1. The van der Waals surface area contributed by atoms with Gasteiger partial charge in [0.15, 0.2) is 0 Å². The van der Waals surface area contributed by atoms with E-state index in [-0.39, 0.29) is 0 Å². The van der Waals surface area contributed by atoms with E-state index < -0.39 is 0 Å². The van der Waals surface area contributed by atoms with Crippen LogP contribution in [-0.2, 0) is 0 Å². The molecule has 0 radical (unpaired) electrons. The number of aliphatic hydroxyl groups excluding tert-OH is 1. The Bertz CT molecular complexity index is 185. The highest BCUT2D eigenvalue weighted by atomic mass is 16.3. The number of likely N-dealkylation sites (tertiary alicyclic amines) is 1. The van der Waals surface area contributed by atoms with E-state index in [0.29, 0.717) is 17.9 Å². The SMILES string of the molecule is CC(C)(C)CN1C[C@@H]2C(CO)[C@@H]2C1. The summed E-state index contributed by atoms with van der Waals surface area (Å²) in [5, 5.41) is 9.01. The monoisotopic (exact) mass is 183 g/mol. The Balaban J connectivity index is 1.78. The number of aliphatic hydroxyl groups is 1. The first-order valence-corrected chi connectivity index (χ1v) is 5.34. The molecule has 1 saturated heterocycles. The van der Waals surface area contributed by atoms with Crippen molar-refractivity contribution < 1.29 is 5.11 Å². The van der Waals surface area contributed by atoms with Gasteiger partial charge in [0.25, 0.3) is 0 Å². The predicted octanol–water partition coefficient (Wildman–Crippen LogP) is 1.20. The first kappa shape index (κ1) is 9.47. The lowest BCUT2D eigenvalue weighted by Crippen LogP contribution is -2.33. The summed E-state index contributed by atoms with van der Waals surface area (Å²) in [6.07, 6.45) is 0. The molecule has 1 aliphatic heterocycles. The molecule has 2 heteroatoms. The van der Waals surface area contributed by atoms with Crippen LogP contribution in [0.1, 0.15) is 20.8 Å². The molecule has 0 aromatic rings. The normalized spacial score (nSPS) is 39.2. The number of piperidine rings is 1. The third-order valence-corrected chi connectivity index (χ3v) is 3.36. The molecule has 76 valence electrons. The zero-order valence-corrected chi connectivity index (χ0v) is 8.95. The van der Waals surface area contributed by atoms with E-state index in [9.17, 15) is 0 Å². The fourth-order valence-electron chi connectivity index (χ4n) is 2.81. The maximum absolute atomic E-state index is 9.01. The van der Waals surface area contributed by atoms with Crippen LogP contribution in [0, 0.1) is 23.2 Å². The Morgan fingerprint density at radius 1 is 1.23 bits per heavy atom. The van der Waals surface area contributed by atoms with Gasteiger partial charge in [-0.05, 0) is 23.2 Å². The summed E-state index contributed by atoms with van der Waals surface area (Å²) < 4.78 is 0. The van der Waals surface area contributed by atoms with Gasteiger partial charge in [-0.2, -0.15) is 0 Å². The van der Waals surface area contributed by atoms with Gasteiger partial charge in [0.2, 0.25) is 0 Å². The van der Waals surface area contributed by atoms with Gasteiger partial charge in [-0.3, -0.25) is 0 Å². The van der Waals surface area contributed by atoms with E-state index in [2.05, 4.69) is 25.7 Å². The molecular formula is C11H21NO. The summed E-state index contributed by atoms with van der Waals surface area (Å²) in [5.74, 6) is 2.30. The van der Waals surface area contributed by atoms with Crippen LogP contribution in [-0.4, -0.2) is 36.2 Å². The van der Waals surface area contributed by atoms with Crippen molar-refractivity contribution in [3.8, 4) is 0 Å². The molecule has 1 saturated carbocycles. The van der Waals surface area contributed by atoms with Crippen LogP contribution in [0.2, 0.25) is 0 Å². The minimum Gasteiger partial charge on any atom is -0.396 e. The average molecular weight is 183 g/mol.